The van der Waals surface area contributed by atoms with Gasteiger partial charge in [-0.15, -0.1) is 0 Å². The number of hydrogen-bond donors (Lipinski definition) is 2. The van der Waals surface area contributed by atoms with E-state index in [9.17, 15) is 19.5 Å². The molecular weight excluding hydrogens is 706 g/mol. The highest BCUT2D eigenvalue weighted by molar-refractivity contribution is 5.99. The molecule has 2 bridgehead atoms. The van der Waals surface area contributed by atoms with E-state index in [-0.39, 0.29) is 29.1 Å². The molecule has 55 heavy (non-hydrogen) atoms. The zero-order valence-corrected chi connectivity index (χ0v) is 31.8. The minimum atomic E-state index is -3.53. The lowest BCUT2D eigenvalue weighted by Crippen LogP contribution is -2.66. The minimum Gasteiger partial charge on any atom is -0.479 e. The highest BCUT2D eigenvalue weighted by Gasteiger charge is 2.57. The average Bonchev–Trinajstić information content (AvgIpc) is 3.48. The zero-order valence-electron chi connectivity index (χ0n) is 31.8. The molecule has 14 heteroatoms. The first-order valence-corrected chi connectivity index (χ1v) is 19.8. The Morgan fingerprint density at radius 3 is 2.35 bits per heavy atom. The van der Waals surface area contributed by atoms with Crippen molar-refractivity contribution in [2.75, 3.05) is 42.5 Å². The third-order valence-corrected chi connectivity index (χ3v) is 13.3. The van der Waals surface area contributed by atoms with Crippen molar-refractivity contribution in [1.82, 2.24) is 30.2 Å². The normalized spacial score (nSPS) is 27.5. The summed E-state index contributed by atoms with van der Waals surface area (Å²) < 4.78 is 31.1. The molecule has 3 saturated carbocycles. The summed E-state index contributed by atoms with van der Waals surface area (Å²) in [7, 11) is 0. The first-order valence-electron chi connectivity index (χ1n) is 19.8. The summed E-state index contributed by atoms with van der Waals surface area (Å²) in [4.78, 5) is 64.3. The molecule has 4 heterocycles. The van der Waals surface area contributed by atoms with Crippen LogP contribution in [0.4, 0.5) is 26.4 Å². The smallest absolute Gasteiger partial charge is 0.329 e. The molecule has 1 spiro atoms. The van der Waals surface area contributed by atoms with Crippen LogP contribution < -0.4 is 15.1 Å². The molecule has 8 rings (SSSR count). The molecule has 5 aliphatic rings. The maximum atomic E-state index is 15.5. The van der Waals surface area contributed by atoms with Crippen LogP contribution in [0.15, 0.2) is 42.9 Å². The van der Waals surface area contributed by atoms with Gasteiger partial charge in [-0.05, 0) is 92.0 Å². The fraction of sp³-hybridized carbons (Fsp3) is 0.585. The summed E-state index contributed by atoms with van der Waals surface area (Å²) in [6.45, 7) is 7.38. The lowest BCUT2D eigenvalue weighted by Gasteiger charge is -2.52. The monoisotopic (exact) mass is 756 g/mol. The van der Waals surface area contributed by atoms with Gasteiger partial charge in [-0.25, -0.2) is 24.7 Å². The minimum absolute atomic E-state index is 0.0398. The van der Waals surface area contributed by atoms with Crippen molar-refractivity contribution in [3.05, 3.63) is 65.2 Å². The number of rotatable bonds is 7. The average molecular weight is 757 g/mol. The summed E-state index contributed by atoms with van der Waals surface area (Å²) in [5.41, 5.74) is -0.753. The number of benzene rings is 1. The number of alkyl halides is 2. The van der Waals surface area contributed by atoms with E-state index in [2.05, 4.69) is 37.1 Å². The molecule has 12 nitrogen and oxygen atoms in total. The Labute approximate surface area is 320 Å². The molecule has 292 valence electrons. The van der Waals surface area contributed by atoms with Crippen molar-refractivity contribution in [1.29, 1.82) is 0 Å². The third kappa shape index (κ3) is 6.58. The number of fused-ring (bicyclic) bond motifs is 4. The number of nitrogens with zero attached hydrogens (tertiary/aromatic N) is 7. The molecule has 1 aromatic carbocycles. The van der Waals surface area contributed by atoms with Crippen molar-refractivity contribution >= 4 is 35.4 Å². The van der Waals surface area contributed by atoms with Crippen molar-refractivity contribution in [2.24, 2.45) is 23.7 Å². The van der Waals surface area contributed by atoms with Crippen LogP contribution in [-0.2, 0) is 16.1 Å². The molecule has 2 aromatic heterocycles. The molecule has 0 radical (unpaired) electrons. The molecule has 5 atom stereocenters. The number of halogens is 2. The molecule has 2 N–H and O–H groups in total. The maximum absolute atomic E-state index is 15.5. The van der Waals surface area contributed by atoms with Crippen LogP contribution in [-0.4, -0.2) is 86.0 Å². The standard InChI is InChI=1S/C41H50F2N8O4/c1-25-18-27-20-26(2)41(36(54)55,29(19-25)21-27)48-34(52)30-23-46-38(47-33(30)39(3,42)43)51-24-40(10-5-4-6-11-40)31-22-28(8-9-32(31)51)35(53)49-14-16-50(17-15-49)37-44-12-7-13-45-37/h7-9,12-13,22-23,25-27,29H,4-6,10-11,14-21,24H2,1-3H3,(H,48,52)(H,54,55). The maximum Gasteiger partial charge on any atom is 0.329 e. The number of hydrogen-bond acceptors (Lipinski definition) is 9. The second-order valence-electron chi connectivity index (χ2n) is 16.9. The van der Waals surface area contributed by atoms with Gasteiger partial charge in [0, 0.05) is 74.9 Å². The van der Waals surface area contributed by atoms with Crippen LogP contribution in [0.2, 0.25) is 0 Å². The molecule has 3 aliphatic carbocycles. The number of aromatic nitrogens is 4. The summed E-state index contributed by atoms with van der Waals surface area (Å²) in [5, 5.41) is 13.4. The van der Waals surface area contributed by atoms with Crippen molar-refractivity contribution in [2.45, 2.75) is 95.4 Å². The van der Waals surface area contributed by atoms with E-state index in [4.69, 9.17) is 0 Å². The van der Waals surface area contributed by atoms with Gasteiger partial charge in [0.1, 0.15) is 11.2 Å². The number of carboxylic acid groups (broad SMARTS) is 1. The Morgan fingerprint density at radius 1 is 0.927 bits per heavy atom. The van der Waals surface area contributed by atoms with E-state index >= 15 is 8.78 Å². The molecule has 5 unspecified atom stereocenters. The Morgan fingerprint density at radius 2 is 1.65 bits per heavy atom. The highest BCUT2D eigenvalue weighted by atomic mass is 19.3. The number of piperazine rings is 1. The van der Waals surface area contributed by atoms with Gasteiger partial charge in [0.25, 0.3) is 17.7 Å². The highest BCUT2D eigenvalue weighted by Crippen LogP contribution is 2.52. The van der Waals surface area contributed by atoms with Gasteiger partial charge in [-0.1, -0.05) is 33.1 Å². The van der Waals surface area contributed by atoms with Crippen LogP contribution >= 0.6 is 0 Å². The Kier molecular flexibility index (Phi) is 9.52. The van der Waals surface area contributed by atoms with Gasteiger partial charge in [-0.3, -0.25) is 9.59 Å². The van der Waals surface area contributed by atoms with Crippen LogP contribution in [0.3, 0.4) is 0 Å². The van der Waals surface area contributed by atoms with Crippen LogP contribution in [0.1, 0.15) is 111 Å². The molecule has 2 amide bonds. The third-order valence-electron chi connectivity index (χ3n) is 13.3. The summed E-state index contributed by atoms with van der Waals surface area (Å²) in [6.07, 6.45) is 12.4. The van der Waals surface area contributed by atoms with E-state index in [1.807, 2.05) is 28.9 Å². The first kappa shape index (κ1) is 37.2. The van der Waals surface area contributed by atoms with E-state index in [1.54, 1.807) is 24.5 Å². The van der Waals surface area contributed by atoms with Gasteiger partial charge in [0.05, 0.1) is 5.56 Å². The Balaban J connectivity index is 1.08. The number of amides is 2. The molecule has 1 saturated heterocycles. The van der Waals surface area contributed by atoms with Gasteiger partial charge >= 0.3 is 5.97 Å². The lowest BCUT2D eigenvalue weighted by atomic mass is 9.56. The Bertz CT molecular complexity index is 1960. The van der Waals surface area contributed by atoms with Gasteiger partial charge in [0.15, 0.2) is 0 Å². The fourth-order valence-electron chi connectivity index (χ4n) is 10.7. The predicted molar refractivity (Wildman–Crippen MR) is 202 cm³/mol. The van der Waals surface area contributed by atoms with E-state index in [1.165, 1.54) is 0 Å². The van der Waals surface area contributed by atoms with E-state index in [0.29, 0.717) is 82.3 Å². The van der Waals surface area contributed by atoms with Crippen LogP contribution in [0.25, 0.3) is 0 Å². The predicted octanol–water partition coefficient (Wildman–Crippen LogP) is 6.34. The second-order valence-corrected chi connectivity index (χ2v) is 16.9. The molecule has 3 aromatic rings. The fourth-order valence-corrected chi connectivity index (χ4v) is 10.7. The number of nitrogens with one attached hydrogen (secondary N) is 1. The van der Waals surface area contributed by atoms with Gasteiger partial charge in [-0.2, -0.15) is 8.78 Å². The summed E-state index contributed by atoms with van der Waals surface area (Å²) in [5.74, 6) is -4.95. The Hall–Kier alpha value is -4.75. The summed E-state index contributed by atoms with van der Waals surface area (Å²) >= 11 is 0. The van der Waals surface area contributed by atoms with Gasteiger partial charge in [0.2, 0.25) is 11.9 Å². The van der Waals surface area contributed by atoms with Crippen LogP contribution in [0.5, 0.6) is 0 Å². The number of aliphatic carboxylic acids is 1. The number of carbonyl (C=O) groups is 3. The lowest BCUT2D eigenvalue weighted by molar-refractivity contribution is -0.155. The van der Waals surface area contributed by atoms with Crippen LogP contribution in [0, 0.1) is 23.7 Å². The SMILES string of the molecule is CC1CC2CC(C)C(NC(=O)c3cnc(N4CC5(CCCCC5)c5cc(C(=O)N6CCN(c7ncccn7)CC6)ccc54)nc3C(C)(F)F)(C(=O)O)C(C1)C2. The second kappa shape index (κ2) is 14.1. The number of anilines is 3. The van der Waals surface area contributed by atoms with Gasteiger partial charge < -0.3 is 25.1 Å². The van der Waals surface area contributed by atoms with Crippen molar-refractivity contribution < 1.29 is 28.3 Å². The number of carboxylic acids is 1. The first-order chi connectivity index (χ1) is 26.3. The number of carbonyl (C=O) groups excluding carboxylic acids is 2. The quantitative estimate of drug-likeness (QED) is 0.280. The van der Waals surface area contributed by atoms with E-state index in [0.717, 1.165) is 56.0 Å². The topological polar surface area (TPSA) is 145 Å². The van der Waals surface area contributed by atoms with E-state index < -0.39 is 34.6 Å². The largest absolute Gasteiger partial charge is 0.479 e. The molecule has 2 aliphatic heterocycles. The molecule has 4 fully saturated rings. The van der Waals surface area contributed by atoms with Crippen molar-refractivity contribution in [3.8, 4) is 0 Å². The zero-order chi connectivity index (χ0) is 38.7. The molecular formula is C41H50F2N8O4. The van der Waals surface area contributed by atoms with Crippen molar-refractivity contribution in [3.63, 3.8) is 0 Å². The summed E-state index contributed by atoms with van der Waals surface area (Å²) in [6, 6.07) is 7.40.